The summed E-state index contributed by atoms with van der Waals surface area (Å²) in [5.41, 5.74) is 2.23. The Morgan fingerprint density at radius 2 is 1.90 bits per heavy atom. The Labute approximate surface area is 286 Å². The summed E-state index contributed by atoms with van der Waals surface area (Å²) in [5.74, 6) is -1.06. The number of rotatable bonds is 8. The average Bonchev–Trinajstić information content (AvgIpc) is 3.68. The standard InChI is InChI=1S/C34H27F4N5O7S/c1-39-33(45)30-20-11-19(22-8-9-26-31(41-22)25-12-18-21(35)5-4-6-23(18)43(25)29(15-44)49-26)24(42(2)51(3,46)47)13-27(20)50-32(30)17-7-10-28(40-14-17)48-16-34(36,37)38/h4-14,29,44H,15-16H2,1-3H3,(H,39,45). The van der Waals surface area contributed by atoms with Gasteiger partial charge in [0.15, 0.2) is 12.8 Å². The number of aromatic nitrogens is 3. The van der Waals surface area contributed by atoms with Crippen molar-refractivity contribution in [3.05, 3.63) is 78.2 Å². The van der Waals surface area contributed by atoms with Crippen molar-refractivity contribution in [2.24, 2.45) is 0 Å². The number of furan rings is 1. The average molecular weight is 726 g/mol. The summed E-state index contributed by atoms with van der Waals surface area (Å²) >= 11 is 0. The van der Waals surface area contributed by atoms with Crippen LogP contribution in [0.3, 0.4) is 0 Å². The number of pyridine rings is 2. The molecule has 0 saturated heterocycles. The third-order valence-corrected chi connectivity index (χ3v) is 9.59. The molecule has 2 N–H and O–H groups in total. The van der Waals surface area contributed by atoms with E-state index in [1.807, 2.05) is 0 Å². The summed E-state index contributed by atoms with van der Waals surface area (Å²) in [6, 6.07) is 14.9. The molecule has 51 heavy (non-hydrogen) atoms. The molecule has 264 valence electrons. The third kappa shape index (κ3) is 5.97. The number of ether oxygens (including phenoxy) is 2. The smallest absolute Gasteiger partial charge is 0.422 e. The number of anilines is 1. The molecule has 0 fully saturated rings. The van der Waals surface area contributed by atoms with E-state index in [0.29, 0.717) is 22.7 Å². The van der Waals surface area contributed by atoms with Crippen LogP contribution in [0.25, 0.3) is 55.8 Å². The summed E-state index contributed by atoms with van der Waals surface area (Å²) in [5, 5.41) is 13.2. The zero-order valence-electron chi connectivity index (χ0n) is 26.9. The van der Waals surface area contributed by atoms with Gasteiger partial charge in [0.25, 0.3) is 5.91 Å². The first-order chi connectivity index (χ1) is 24.2. The molecule has 1 unspecified atom stereocenters. The van der Waals surface area contributed by atoms with Crippen LogP contribution in [-0.2, 0) is 10.0 Å². The van der Waals surface area contributed by atoms with E-state index < -0.39 is 47.4 Å². The number of benzene rings is 2. The molecule has 0 aliphatic carbocycles. The highest BCUT2D eigenvalue weighted by atomic mass is 32.2. The van der Waals surface area contributed by atoms with Crippen LogP contribution in [0.4, 0.5) is 23.2 Å². The van der Waals surface area contributed by atoms with E-state index in [1.165, 1.54) is 50.6 Å². The van der Waals surface area contributed by atoms with Crippen molar-refractivity contribution in [3.8, 4) is 45.6 Å². The number of nitrogens with zero attached hydrogens (tertiary/aromatic N) is 4. The van der Waals surface area contributed by atoms with Crippen LogP contribution in [0, 0.1) is 5.82 Å². The van der Waals surface area contributed by atoms with Gasteiger partial charge in [-0.15, -0.1) is 0 Å². The number of sulfonamides is 1. The van der Waals surface area contributed by atoms with Gasteiger partial charge in [0, 0.05) is 54.3 Å². The highest BCUT2D eigenvalue weighted by Gasteiger charge is 2.32. The highest BCUT2D eigenvalue weighted by molar-refractivity contribution is 7.92. The van der Waals surface area contributed by atoms with Gasteiger partial charge in [-0.25, -0.2) is 22.8 Å². The van der Waals surface area contributed by atoms with Gasteiger partial charge in [-0.2, -0.15) is 13.2 Å². The van der Waals surface area contributed by atoms with Crippen molar-refractivity contribution >= 4 is 43.5 Å². The molecule has 0 saturated carbocycles. The molecule has 12 nitrogen and oxygen atoms in total. The quantitative estimate of drug-likeness (QED) is 0.183. The lowest BCUT2D eigenvalue weighted by molar-refractivity contribution is -0.154. The third-order valence-electron chi connectivity index (χ3n) is 8.39. The molecule has 2 aromatic carbocycles. The van der Waals surface area contributed by atoms with Crippen molar-refractivity contribution in [2.75, 3.05) is 37.9 Å². The van der Waals surface area contributed by atoms with E-state index in [1.54, 1.807) is 34.9 Å². The Hall–Kier alpha value is -5.68. The van der Waals surface area contributed by atoms with Gasteiger partial charge < -0.3 is 28.9 Å². The first-order valence-corrected chi connectivity index (χ1v) is 17.0. The summed E-state index contributed by atoms with van der Waals surface area (Å²) in [4.78, 5) is 22.1. The van der Waals surface area contributed by atoms with E-state index in [2.05, 4.69) is 10.3 Å². The second-order valence-corrected chi connectivity index (χ2v) is 13.7. The Bertz CT molecular complexity index is 2460. The molecule has 1 amide bonds. The summed E-state index contributed by atoms with van der Waals surface area (Å²) in [6.45, 7) is -1.96. The van der Waals surface area contributed by atoms with E-state index in [0.717, 1.165) is 10.6 Å². The second-order valence-electron chi connectivity index (χ2n) is 11.6. The molecule has 0 spiro atoms. The molecular formula is C34H27F4N5O7S. The van der Waals surface area contributed by atoms with Crippen LogP contribution in [0.1, 0.15) is 16.6 Å². The van der Waals surface area contributed by atoms with Gasteiger partial charge in [0.1, 0.15) is 28.6 Å². The monoisotopic (exact) mass is 725 g/mol. The number of carbonyl (C=O) groups is 1. The van der Waals surface area contributed by atoms with Gasteiger partial charge in [-0.1, -0.05) is 6.07 Å². The van der Waals surface area contributed by atoms with E-state index >= 15 is 0 Å². The van der Waals surface area contributed by atoms with E-state index in [-0.39, 0.29) is 56.1 Å². The minimum atomic E-state index is -4.57. The fourth-order valence-electron chi connectivity index (χ4n) is 5.99. The maximum absolute atomic E-state index is 14.9. The lowest BCUT2D eigenvalue weighted by Crippen LogP contribution is -2.26. The molecule has 5 heterocycles. The first kappa shape index (κ1) is 33.8. The number of nitrogens with one attached hydrogen (secondary N) is 1. The van der Waals surface area contributed by atoms with Gasteiger partial charge in [0.2, 0.25) is 15.9 Å². The normalized spacial score (nSPS) is 14.2. The number of alkyl halides is 3. The van der Waals surface area contributed by atoms with Crippen LogP contribution in [0.5, 0.6) is 11.6 Å². The van der Waals surface area contributed by atoms with E-state index in [9.17, 15) is 35.9 Å². The predicted molar refractivity (Wildman–Crippen MR) is 179 cm³/mol. The van der Waals surface area contributed by atoms with Gasteiger partial charge >= 0.3 is 6.18 Å². The highest BCUT2D eigenvalue weighted by Crippen LogP contribution is 2.45. The lowest BCUT2D eigenvalue weighted by Gasteiger charge is -2.28. The fourth-order valence-corrected chi connectivity index (χ4v) is 6.49. The van der Waals surface area contributed by atoms with Crippen molar-refractivity contribution in [1.82, 2.24) is 19.9 Å². The summed E-state index contributed by atoms with van der Waals surface area (Å²) < 4.78 is 98.1. The number of aliphatic hydroxyl groups excluding tert-OH is 1. The zero-order valence-corrected chi connectivity index (χ0v) is 27.8. The lowest BCUT2D eigenvalue weighted by atomic mass is 10.0. The van der Waals surface area contributed by atoms with Gasteiger partial charge in [0.05, 0.1) is 41.0 Å². The maximum Gasteiger partial charge on any atom is 0.422 e. The number of fused-ring (bicyclic) bond motifs is 6. The zero-order chi connectivity index (χ0) is 36.4. The molecule has 17 heteroatoms. The number of halogens is 4. The molecule has 7 rings (SSSR count). The first-order valence-electron chi connectivity index (χ1n) is 15.2. The molecule has 1 aliphatic rings. The number of carbonyl (C=O) groups excluding carboxylic acids is 1. The molecule has 0 bridgehead atoms. The van der Waals surface area contributed by atoms with Crippen molar-refractivity contribution in [2.45, 2.75) is 12.4 Å². The number of hydrogen-bond donors (Lipinski definition) is 2. The fraction of sp³-hybridized carbons (Fsp3) is 0.206. The van der Waals surface area contributed by atoms with Crippen LogP contribution >= 0.6 is 0 Å². The molecule has 0 radical (unpaired) electrons. The van der Waals surface area contributed by atoms with Crippen molar-refractivity contribution in [1.29, 1.82) is 0 Å². The number of amides is 1. The van der Waals surface area contributed by atoms with Gasteiger partial charge in [-0.3, -0.25) is 9.10 Å². The van der Waals surface area contributed by atoms with Gasteiger partial charge in [-0.05, 0) is 42.5 Å². The molecule has 1 atom stereocenters. The minimum absolute atomic E-state index is 0.0118. The molecular weight excluding hydrogens is 698 g/mol. The van der Waals surface area contributed by atoms with Crippen LogP contribution in [-0.4, -0.2) is 73.7 Å². The molecule has 4 aromatic heterocycles. The predicted octanol–water partition coefficient (Wildman–Crippen LogP) is 5.90. The van der Waals surface area contributed by atoms with Crippen molar-refractivity contribution < 1.29 is 49.8 Å². The second kappa shape index (κ2) is 12.3. The Balaban J connectivity index is 1.42. The SMILES string of the molecule is CNC(=O)c1c(-c2ccc(OCC(F)(F)F)nc2)oc2cc(N(C)S(C)(=O)=O)c(-c3ccc4c(n3)-c3cc5c(F)cccc5n3C(CO)O4)cc12. The Morgan fingerprint density at radius 3 is 2.57 bits per heavy atom. The Morgan fingerprint density at radius 1 is 1.12 bits per heavy atom. The summed E-state index contributed by atoms with van der Waals surface area (Å²) in [7, 11) is -1.13. The number of hydrogen-bond acceptors (Lipinski definition) is 9. The number of aliphatic hydroxyl groups is 1. The largest absolute Gasteiger partial charge is 0.468 e. The van der Waals surface area contributed by atoms with Crippen LogP contribution in [0.15, 0.2) is 71.3 Å². The minimum Gasteiger partial charge on any atom is -0.468 e. The molecule has 1 aliphatic heterocycles. The Kier molecular flexibility index (Phi) is 8.13. The maximum atomic E-state index is 14.9. The van der Waals surface area contributed by atoms with Crippen LogP contribution in [0.2, 0.25) is 0 Å². The van der Waals surface area contributed by atoms with Crippen LogP contribution < -0.4 is 19.1 Å². The summed E-state index contributed by atoms with van der Waals surface area (Å²) in [6.07, 6.45) is -3.25. The van der Waals surface area contributed by atoms with E-state index in [4.69, 9.17) is 18.9 Å². The molecule has 6 aromatic rings. The topological polar surface area (TPSA) is 149 Å². The van der Waals surface area contributed by atoms with Crippen molar-refractivity contribution in [3.63, 3.8) is 0 Å².